The lowest BCUT2D eigenvalue weighted by molar-refractivity contribution is -0.138. The number of hydrogen-bond donors (Lipinski definition) is 4. The maximum absolute atomic E-state index is 10.9. The fourth-order valence-electron chi connectivity index (χ4n) is 0.552. The summed E-state index contributed by atoms with van der Waals surface area (Å²) >= 11 is 0.842. The number of carbonyl (C=O) groups excluding carboxylic acids is 1. The summed E-state index contributed by atoms with van der Waals surface area (Å²) < 4.78 is 0. The third-order valence-corrected chi connectivity index (χ3v) is 1.99. The van der Waals surface area contributed by atoms with E-state index >= 15 is 0 Å². The Morgan fingerprint density at radius 1 is 1.42 bits per heavy atom. The average Bonchev–Trinajstić information content (AvgIpc) is 2.12. The monoisotopic (exact) mass is 196 g/mol. The second-order valence-corrected chi connectivity index (χ2v) is 3.10. The van der Waals surface area contributed by atoms with Crippen LogP contribution in [0.15, 0.2) is 0 Å². The predicted octanol–water partition coefficient (Wildman–Crippen LogP) is -2.05. The van der Waals surface area contributed by atoms with Gasteiger partial charge in [-0.15, -0.1) is 11.8 Å². The molecule has 0 saturated heterocycles. The summed E-state index contributed by atoms with van der Waals surface area (Å²) in [5.41, 5.74) is -1.36. The van der Waals surface area contributed by atoms with Gasteiger partial charge in [-0.1, -0.05) is 0 Å². The molecule has 5 nitrogen and oxygen atoms in total. The van der Waals surface area contributed by atoms with Gasteiger partial charge in [-0.25, -0.2) is 0 Å². The van der Waals surface area contributed by atoms with Crippen molar-refractivity contribution >= 4 is 17.5 Å². The summed E-state index contributed by atoms with van der Waals surface area (Å²) in [6, 6.07) is 0. The van der Waals surface area contributed by atoms with E-state index in [0.29, 0.717) is 0 Å². The van der Waals surface area contributed by atoms with Gasteiger partial charge in [-0.05, 0) is 6.26 Å². The van der Waals surface area contributed by atoms with Crippen molar-refractivity contribution in [2.75, 3.05) is 12.9 Å². The van der Waals surface area contributed by atoms with Crippen LogP contribution in [0.5, 0.6) is 0 Å². The molecule has 3 atom stereocenters. The van der Waals surface area contributed by atoms with Crippen LogP contribution in [0.1, 0.15) is 0 Å². The Morgan fingerprint density at radius 3 is 2.25 bits per heavy atom. The molecule has 0 rings (SSSR count). The van der Waals surface area contributed by atoms with Gasteiger partial charge >= 0.3 is 0 Å². The van der Waals surface area contributed by atoms with Crippen LogP contribution in [0.3, 0.4) is 0 Å². The van der Waals surface area contributed by atoms with Crippen LogP contribution in [-0.4, -0.2) is 56.7 Å². The molecule has 0 bridgehead atoms. The number of ketones is 1. The molecule has 0 aliphatic carbocycles. The van der Waals surface area contributed by atoms with Gasteiger partial charge in [0, 0.05) is 0 Å². The first-order valence-electron chi connectivity index (χ1n) is 3.26. The molecule has 0 aliphatic heterocycles. The van der Waals surface area contributed by atoms with E-state index in [1.54, 1.807) is 0 Å². The molecular weight excluding hydrogens is 184 g/mol. The van der Waals surface area contributed by atoms with Gasteiger partial charge in [0.15, 0.2) is 5.44 Å². The summed E-state index contributed by atoms with van der Waals surface area (Å²) in [4.78, 5) is 10.9. The fourth-order valence-corrected chi connectivity index (χ4v) is 0.923. The highest BCUT2D eigenvalue weighted by Gasteiger charge is 2.28. The maximum atomic E-state index is 10.9. The first-order chi connectivity index (χ1) is 5.54. The lowest BCUT2D eigenvalue weighted by Crippen LogP contribution is -2.41. The Kier molecular flexibility index (Phi) is 5.43. The highest BCUT2D eigenvalue weighted by Crippen LogP contribution is 2.08. The molecule has 0 radical (unpaired) electrons. The number of carbonyl (C=O) groups is 1. The third kappa shape index (κ3) is 3.08. The molecule has 12 heavy (non-hydrogen) atoms. The number of hydrogen-bond acceptors (Lipinski definition) is 6. The van der Waals surface area contributed by atoms with E-state index in [-0.39, 0.29) is 0 Å². The normalized spacial score (nSPS) is 18.4. The minimum Gasteiger partial charge on any atom is -0.394 e. The van der Waals surface area contributed by atoms with E-state index in [1.807, 2.05) is 0 Å². The molecule has 1 unspecified atom stereocenters. The Bertz CT molecular complexity index is 151. The van der Waals surface area contributed by atoms with Crippen LogP contribution in [0.2, 0.25) is 0 Å². The summed E-state index contributed by atoms with van der Waals surface area (Å²) in [5, 5.41) is 35.0. The topological polar surface area (TPSA) is 98.0 Å². The Balaban J connectivity index is 4.09. The van der Waals surface area contributed by atoms with Crippen molar-refractivity contribution in [1.82, 2.24) is 0 Å². The number of Topliss-reactive ketones (excluding diaryl/α,β-unsaturated/α-hetero) is 1. The Morgan fingerprint density at radius 2 is 1.92 bits per heavy atom. The highest BCUT2D eigenvalue weighted by atomic mass is 32.2. The van der Waals surface area contributed by atoms with Crippen LogP contribution in [0, 0.1) is 0 Å². The SMILES string of the molecule is CSC(O)C(=O)[C@@H](O)[C@@H](O)CO. The standard InChI is InChI=1S/C6H12O5S/c1-12-6(11)5(10)4(9)3(8)2-7/h3-4,6-9,11H,2H2,1H3/t3-,4-,6?/m0/s1. The van der Waals surface area contributed by atoms with E-state index < -0.39 is 30.0 Å². The maximum Gasteiger partial charge on any atom is 0.202 e. The van der Waals surface area contributed by atoms with E-state index in [0.717, 1.165) is 11.8 Å². The molecule has 72 valence electrons. The molecule has 0 heterocycles. The first-order valence-corrected chi connectivity index (χ1v) is 4.55. The second kappa shape index (κ2) is 5.50. The zero-order valence-electron chi connectivity index (χ0n) is 6.54. The summed E-state index contributed by atoms with van der Waals surface area (Å²) in [6.45, 7) is -0.714. The minimum atomic E-state index is -1.72. The zero-order chi connectivity index (χ0) is 9.72. The quantitative estimate of drug-likeness (QED) is 0.378. The summed E-state index contributed by atoms with van der Waals surface area (Å²) in [6.07, 6.45) is -1.77. The predicted molar refractivity (Wildman–Crippen MR) is 43.6 cm³/mol. The molecule has 0 aliphatic rings. The third-order valence-electron chi connectivity index (χ3n) is 1.31. The molecule has 0 saturated carbocycles. The fraction of sp³-hybridized carbons (Fsp3) is 0.833. The number of aliphatic hydroxyl groups is 4. The molecule has 0 aromatic heterocycles. The minimum absolute atomic E-state index is 0.714. The lowest BCUT2D eigenvalue weighted by Gasteiger charge is -2.16. The number of thioether (sulfide) groups is 1. The van der Waals surface area contributed by atoms with Gasteiger partial charge < -0.3 is 20.4 Å². The van der Waals surface area contributed by atoms with Crippen LogP contribution in [-0.2, 0) is 4.79 Å². The van der Waals surface area contributed by atoms with E-state index in [1.165, 1.54) is 6.26 Å². The largest absolute Gasteiger partial charge is 0.394 e. The van der Waals surface area contributed by atoms with Crippen LogP contribution >= 0.6 is 11.8 Å². The molecular formula is C6H12O5S. The molecule has 0 aromatic rings. The number of aliphatic hydroxyl groups excluding tert-OH is 4. The van der Waals surface area contributed by atoms with Crippen molar-refractivity contribution in [3.8, 4) is 0 Å². The molecule has 0 amide bonds. The van der Waals surface area contributed by atoms with Gasteiger partial charge in [0.25, 0.3) is 0 Å². The van der Waals surface area contributed by atoms with Crippen LogP contribution in [0.25, 0.3) is 0 Å². The number of rotatable bonds is 5. The molecule has 0 aromatic carbocycles. The van der Waals surface area contributed by atoms with E-state index in [2.05, 4.69) is 0 Å². The van der Waals surface area contributed by atoms with Crippen molar-refractivity contribution in [3.63, 3.8) is 0 Å². The Hall–Kier alpha value is -0.140. The van der Waals surface area contributed by atoms with Crippen molar-refractivity contribution in [2.45, 2.75) is 17.6 Å². The van der Waals surface area contributed by atoms with Crippen molar-refractivity contribution in [3.05, 3.63) is 0 Å². The van der Waals surface area contributed by atoms with E-state index in [9.17, 15) is 4.79 Å². The van der Waals surface area contributed by atoms with Crippen molar-refractivity contribution < 1.29 is 25.2 Å². The molecule has 0 spiro atoms. The van der Waals surface area contributed by atoms with Gasteiger partial charge in [-0.3, -0.25) is 4.79 Å². The average molecular weight is 196 g/mol. The zero-order valence-corrected chi connectivity index (χ0v) is 7.36. The molecule has 4 N–H and O–H groups in total. The van der Waals surface area contributed by atoms with Crippen LogP contribution in [0.4, 0.5) is 0 Å². The van der Waals surface area contributed by atoms with Crippen LogP contribution < -0.4 is 0 Å². The van der Waals surface area contributed by atoms with Gasteiger partial charge in [0.1, 0.15) is 12.2 Å². The van der Waals surface area contributed by atoms with E-state index in [4.69, 9.17) is 20.4 Å². The first kappa shape index (κ1) is 11.9. The lowest BCUT2D eigenvalue weighted by atomic mass is 10.1. The van der Waals surface area contributed by atoms with Gasteiger partial charge in [-0.2, -0.15) is 0 Å². The highest BCUT2D eigenvalue weighted by molar-refractivity contribution is 7.99. The van der Waals surface area contributed by atoms with Gasteiger partial charge in [0.05, 0.1) is 6.61 Å². The molecule has 6 heteroatoms. The Labute approximate surface area is 74.0 Å². The molecule has 0 fully saturated rings. The van der Waals surface area contributed by atoms with Gasteiger partial charge in [0.2, 0.25) is 5.78 Å². The van der Waals surface area contributed by atoms with Crippen molar-refractivity contribution in [2.24, 2.45) is 0 Å². The van der Waals surface area contributed by atoms with Crippen molar-refractivity contribution in [1.29, 1.82) is 0 Å². The smallest absolute Gasteiger partial charge is 0.202 e. The summed E-state index contributed by atoms with van der Waals surface area (Å²) in [7, 11) is 0. The summed E-state index contributed by atoms with van der Waals surface area (Å²) in [5.74, 6) is -0.899. The second-order valence-electron chi connectivity index (χ2n) is 2.19.